The van der Waals surface area contributed by atoms with E-state index in [0.29, 0.717) is 12.8 Å². The molecule has 0 saturated carbocycles. The quantitative estimate of drug-likeness (QED) is 0.0251. The summed E-state index contributed by atoms with van der Waals surface area (Å²) in [6.07, 6.45) is 30.8. The van der Waals surface area contributed by atoms with E-state index in [1.165, 1.54) is 63.9 Å². The first-order valence-corrected chi connectivity index (χ1v) is 18.6. The SMILES string of the molecule is CC/C=C\C[C@@H](O)/C=C/C=C/C=C\C=C/[C@H](O)[C@@H](O)CCCC(=O)OC[C@H](CO)OC(=O)CCCCCCCCCCCCC(C)CC. The summed E-state index contributed by atoms with van der Waals surface area (Å²) in [4.78, 5) is 24.2. The molecule has 0 aliphatic heterocycles. The second kappa shape index (κ2) is 33.0. The number of unbranched alkanes of at least 4 members (excludes halogenated alkanes) is 9. The van der Waals surface area contributed by atoms with Crippen molar-refractivity contribution in [2.24, 2.45) is 5.92 Å². The summed E-state index contributed by atoms with van der Waals surface area (Å²) in [5.41, 5.74) is 0. The minimum atomic E-state index is -1.09. The molecular formula is C40H68O8. The average molecular weight is 677 g/mol. The molecule has 0 heterocycles. The molecule has 0 radical (unpaired) electrons. The third-order valence-corrected chi connectivity index (χ3v) is 8.21. The average Bonchev–Trinajstić information content (AvgIpc) is 3.07. The molecule has 5 atom stereocenters. The summed E-state index contributed by atoms with van der Waals surface area (Å²) >= 11 is 0. The minimum absolute atomic E-state index is 0.0274. The van der Waals surface area contributed by atoms with Crippen LogP contribution in [-0.2, 0) is 19.1 Å². The zero-order valence-electron chi connectivity index (χ0n) is 30.2. The van der Waals surface area contributed by atoms with Crippen LogP contribution in [0.25, 0.3) is 0 Å². The zero-order chi connectivity index (χ0) is 35.7. The van der Waals surface area contributed by atoms with Crippen LogP contribution >= 0.6 is 0 Å². The summed E-state index contributed by atoms with van der Waals surface area (Å²) < 4.78 is 10.4. The van der Waals surface area contributed by atoms with Gasteiger partial charge in [-0.15, -0.1) is 0 Å². The molecule has 0 aromatic rings. The Morgan fingerprint density at radius 1 is 0.667 bits per heavy atom. The molecule has 0 bridgehead atoms. The van der Waals surface area contributed by atoms with Gasteiger partial charge in [0.05, 0.1) is 24.9 Å². The number of esters is 2. The van der Waals surface area contributed by atoms with Gasteiger partial charge in [0.15, 0.2) is 6.10 Å². The monoisotopic (exact) mass is 676 g/mol. The van der Waals surface area contributed by atoms with Crippen molar-refractivity contribution < 1.29 is 39.5 Å². The second-order valence-corrected chi connectivity index (χ2v) is 12.7. The Balaban J connectivity index is 3.96. The maximum absolute atomic E-state index is 12.2. The van der Waals surface area contributed by atoms with Crippen molar-refractivity contribution in [3.63, 3.8) is 0 Å². The highest BCUT2D eigenvalue weighted by molar-refractivity contribution is 5.70. The Labute approximate surface area is 291 Å². The van der Waals surface area contributed by atoms with E-state index in [4.69, 9.17) is 9.47 Å². The van der Waals surface area contributed by atoms with Crippen LogP contribution in [0, 0.1) is 5.92 Å². The van der Waals surface area contributed by atoms with Crippen LogP contribution in [0.1, 0.15) is 136 Å². The van der Waals surface area contributed by atoms with Crippen molar-refractivity contribution in [1.29, 1.82) is 0 Å². The lowest BCUT2D eigenvalue weighted by molar-refractivity contribution is -0.161. The van der Waals surface area contributed by atoms with Crippen LogP contribution in [0.5, 0.6) is 0 Å². The van der Waals surface area contributed by atoms with Crippen LogP contribution in [0.4, 0.5) is 0 Å². The predicted molar refractivity (Wildman–Crippen MR) is 195 cm³/mol. The molecule has 1 unspecified atom stereocenters. The minimum Gasteiger partial charge on any atom is -0.462 e. The molecule has 0 saturated heterocycles. The number of aliphatic hydroxyl groups excluding tert-OH is 4. The zero-order valence-corrected chi connectivity index (χ0v) is 30.2. The summed E-state index contributed by atoms with van der Waals surface area (Å²) in [6, 6.07) is 0. The normalized spacial score (nSPS) is 15.6. The molecule has 276 valence electrons. The molecular weight excluding hydrogens is 608 g/mol. The lowest BCUT2D eigenvalue weighted by Gasteiger charge is -2.16. The van der Waals surface area contributed by atoms with Gasteiger partial charge in [0, 0.05) is 12.8 Å². The highest BCUT2D eigenvalue weighted by atomic mass is 16.6. The van der Waals surface area contributed by atoms with Gasteiger partial charge in [0.25, 0.3) is 0 Å². The fraction of sp³-hybridized carbons (Fsp3) is 0.700. The molecule has 0 amide bonds. The van der Waals surface area contributed by atoms with E-state index in [1.807, 2.05) is 19.1 Å². The smallest absolute Gasteiger partial charge is 0.306 e. The molecule has 0 aliphatic rings. The lowest BCUT2D eigenvalue weighted by atomic mass is 9.99. The van der Waals surface area contributed by atoms with E-state index in [1.54, 1.807) is 42.5 Å². The van der Waals surface area contributed by atoms with Crippen molar-refractivity contribution in [3.8, 4) is 0 Å². The molecule has 0 rings (SSSR count). The number of hydrogen-bond donors (Lipinski definition) is 4. The third kappa shape index (κ3) is 29.6. The highest BCUT2D eigenvalue weighted by Crippen LogP contribution is 2.16. The van der Waals surface area contributed by atoms with Crippen molar-refractivity contribution in [3.05, 3.63) is 60.8 Å². The van der Waals surface area contributed by atoms with E-state index in [-0.39, 0.29) is 25.9 Å². The summed E-state index contributed by atoms with van der Waals surface area (Å²) in [5.74, 6) is -0.0753. The third-order valence-electron chi connectivity index (χ3n) is 8.21. The summed E-state index contributed by atoms with van der Waals surface area (Å²) in [6.45, 7) is 5.98. The van der Waals surface area contributed by atoms with Crippen LogP contribution in [0.2, 0.25) is 0 Å². The highest BCUT2D eigenvalue weighted by Gasteiger charge is 2.17. The van der Waals surface area contributed by atoms with Gasteiger partial charge in [-0.2, -0.15) is 0 Å². The van der Waals surface area contributed by atoms with Gasteiger partial charge in [0.1, 0.15) is 6.61 Å². The van der Waals surface area contributed by atoms with Crippen LogP contribution < -0.4 is 0 Å². The Kier molecular flexibility index (Phi) is 31.3. The maximum Gasteiger partial charge on any atom is 0.306 e. The van der Waals surface area contributed by atoms with Gasteiger partial charge in [-0.1, -0.05) is 152 Å². The Morgan fingerprint density at radius 2 is 1.23 bits per heavy atom. The molecule has 0 aliphatic carbocycles. The van der Waals surface area contributed by atoms with Gasteiger partial charge in [-0.05, 0) is 38.0 Å². The largest absolute Gasteiger partial charge is 0.462 e. The fourth-order valence-corrected chi connectivity index (χ4v) is 4.87. The van der Waals surface area contributed by atoms with Gasteiger partial charge in [-0.3, -0.25) is 9.59 Å². The Hall–Kier alpha value is -2.52. The first kappa shape index (κ1) is 45.5. The summed E-state index contributed by atoms with van der Waals surface area (Å²) in [7, 11) is 0. The molecule has 0 fully saturated rings. The fourth-order valence-electron chi connectivity index (χ4n) is 4.87. The number of ether oxygens (including phenoxy) is 2. The standard InChI is InChI=1S/C40H68O8/c1-4-6-19-26-35(42)27-21-16-13-14-17-22-28-37(43)38(44)29-24-31-39(45)47-33-36(32-41)48-40(46)30-23-18-12-10-8-7-9-11-15-20-25-34(3)5-2/h6,13-14,16-17,19,21-22,27-28,34-38,41-44H,4-5,7-12,15,18,20,23-26,29-33H2,1-3H3/b16-13+,17-14-,19-6-,27-21+,28-22-/t34?,35-,36+,37+,38+/m1/s1. The molecule has 4 N–H and O–H groups in total. The first-order valence-electron chi connectivity index (χ1n) is 18.6. The Morgan fingerprint density at radius 3 is 1.83 bits per heavy atom. The number of hydrogen-bond acceptors (Lipinski definition) is 8. The van der Waals surface area contributed by atoms with E-state index >= 15 is 0 Å². The van der Waals surface area contributed by atoms with Crippen LogP contribution in [0.3, 0.4) is 0 Å². The maximum atomic E-state index is 12.2. The van der Waals surface area contributed by atoms with E-state index < -0.39 is 43.0 Å². The lowest BCUT2D eigenvalue weighted by Crippen LogP contribution is -2.28. The number of carbonyl (C=O) groups excluding carboxylic acids is 2. The van der Waals surface area contributed by atoms with Crippen molar-refractivity contribution in [1.82, 2.24) is 0 Å². The van der Waals surface area contributed by atoms with E-state index in [2.05, 4.69) is 13.8 Å². The predicted octanol–water partition coefficient (Wildman–Crippen LogP) is 8.00. The topological polar surface area (TPSA) is 134 Å². The van der Waals surface area contributed by atoms with Gasteiger partial charge in [-0.25, -0.2) is 0 Å². The second-order valence-electron chi connectivity index (χ2n) is 12.7. The van der Waals surface area contributed by atoms with Crippen molar-refractivity contribution >= 4 is 11.9 Å². The molecule has 8 nitrogen and oxygen atoms in total. The van der Waals surface area contributed by atoms with Gasteiger partial charge < -0.3 is 29.9 Å². The van der Waals surface area contributed by atoms with Crippen molar-refractivity contribution in [2.45, 2.75) is 161 Å². The number of rotatable bonds is 31. The van der Waals surface area contributed by atoms with Crippen LogP contribution in [-0.4, -0.2) is 70.0 Å². The van der Waals surface area contributed by atoms with Gasteiger partial charge in [0.2, 0.25) is 0 Å². The van der Waals surface area contributed by atoms with E-state index in [0.717, 1.165) is 31.6 Å². The molecule has 48 heavy (non-hydrogen) atoms. The number of allylic oxidation sites excluding steroid dienone is 7. The van der Waals surface area contributed by atoms with Crippen LogP contribution in [0.15, 0.2) is 60.8 Å². The van der Waals surface area contributed by atoms with Gasteiger partial charge >= 0.3 is 11.9 Å². The molecule has 0 spiro atoms. The number of carbonyl (C=O) groups is 2. The Bertz CT molecular complexity index is 922. The van der Waals surface area contributed by atoms with Crippen molar-refractivity contribution in [2.75, 3.05) is 13.2 Å². The molecule has 8 heteroatoms. The molecule has 0 aromatic carbocycles. The molecule has 0 aromatic heterocycles. The summed E-state index contributed by atoms with van der Waals surface area (Å²) in [5, 5.41) is 39.6. The van der Waals surface area contributed by atoms with E-state index in [9.17, 15) is 30.0 Å². The number of aliphatic hydroxyl groups is 4. The first-order chi connectivity index (χ1) is 23.2.